The first-order valence-electron chi connectivity index (χ1n) is 9.66. The van der Waals surface area contributed by atoms with Crippen molar-refractivity contribution in [3.8, 4) is 0 Å². The molecule has 0 fully saturated rings. The van der Waals surface area contributed by atoms with Crippen LogP contribution in [0.2, 0.25) is 0 Å². The van der Waals surface area contributed by atoms with Crippen LogP contribution in [0.15, 0.2) is 66.9 Å². The summed E-state index contributed by atoms with van der Waals surface area (Å²) in [5.41, 5.74) is 4.22. The number of nitrogens with one attached hydrogen (secondary N) is 1. The van der Waals surface area contributed by atoms with Gasteiger partial charge in [-0.25, -0.2) is 4.39 Å². The highest BCUT2D eigenvalue weighted by molar-refractivity contribution is 6.03. The molecule has 4 rings (SSSR count). The number of aromatic nitrogens is 4. The highest BCUT2D eigenvalue weighted by atomic mass is 19.1. The average molecular weight is 403 g/mol. The molecule has 0 bridgehead atoms. The van der Waals surface area contributed by atoms with E-state index in [1.165, 1.54) is 6.07 Å². The summed E-state index contributed by atoms with van der Waals surface area (Å²) >= 11 is 0. The van der Waals surface area contributed by atoms with Gasteiger partial charge in [-0.15, -0.1) is 0 Å². The Labute approximate surface area is 174 Å². The van der Waals surface area contributed by atoms with Crippen molar-refractivity contribution < 1.29 is 9.18 Å². The van der Waals surface area contributed by atoms with Gasteiger partial charge in [0.15, 0.2) is 5.82 Å². The highest BCUT2D eigenvalue weighted by Gasteiger charge is 2.10. The fourth-order valence-electron chi connectivity index (χ4n) is 3.28. The molecule has 152 valence electrons. The van der Waals surface area contributed by atoms with Crippen LogP contribution in [0.4, 0.5) is 10.2 Å². The Hall–Kier alpha value is -3.74. The minimum Gasteiger partial charge on any atom is -0.305 e. The molecular formula is C23H22FN5O. The predicted octanol–water partition coefficient (Wildman–Crippen LogP) is 4.18. The van der Waals surface area contributed by atoms with Crippen LogP contribution in [-0.4, -0.2) is 25.5 Å². The molecule has 7 heteroatoms. The molecule has 0 saturated heterocycles. The zero-order valence-electron chi connectivity index (χ0n) is 16.8. The van der Waals surface area contributed by atoms with Crippen molar-refractivity contribution in [3.05, 3.63) is 101 Å². The van der Waals surface area contributed by atoms with E-state index in [-0.39, 0.29) is 11.7 Å². The molecule has 0 aliphatic rings. The van der Waals surface area contributed by atoms with Crippen LogP contribution in [0.5, 0.6) is 0 Å². The molecule has 1 N–H and O–H groups in total. The molecule has 0 unspecified atom stereocenters. The quantitative estimate of drug-likeness (QED) is 0.525. The maximum atomic E-state index is 13.8. The number of nitrogens with zero attached hydrogens (tertiary/aromatic N) is 4. The number of rotatable bonds is 6. The van der Waals surface area contributed by atoms with Crippen LogP contribution in [0.25, 0.3) is 0 Å². The van der Waals surface area contributed by atoms with Gasteiger partial charge in [0.25, 0.3) is 5.91 Å². The van der Waals surface area contributed by atoms with Crippen molar-refractivity contribution >= 4 is 11.7 Å². The Balaban J connectivity index is 1.39. The van der Waals surface area contributed by atoms with Crippen LogP contribution in [0.1, 0.15) is 32.9 Å². The summed E-state index contributed by atoms with van der Waals surface area (Å²) in [4.78, 5) is 12.5. The molecule has 6 nitrogen and oxygen atoms in total. The third-order valence-electron chi connectivity index (χ3n) is 4.82. The van der Waals surface area contributed by atoms with E-state index >= 15 is 0 Å². The van der Waals surface area contributed by atoms with Crippen LogP contribution < -0.4 is 5.32 Å². The number of halogens is 1. The van der Waals surface area contributed by atoms with Gasteiger partial charge < -0.3 is 5.32 Å². The van der Waals surface area contributed by atoms with E-state index in [0.717, 1.165) is 17.0 Å². The monoisotopic (exact) mass is 403 g/mol. The summed E-state index contributed by atoms with van der Waals surface area (Å²) in [5.74, 6) is -0.106. The van der Waals surface area contributed by atoms with E-state index in [1.807, 2.05) is 36.7 Å². The fourth-order valence-corrected chi connectivity index (χ4v) is 3.28. The average Bonchev–Trinajstić information content (AvgIpc) is 3.29. The van der Waals surface area contributed by atoms with Gasteiger partial charge in [-0.05, 0) is 43.7 Å². The number of carbonyl (C=O) groups is 1. The number of benzene rings is 2. The molecule has 0 radical (unpaired) electrons. The first-order chi connectivity index (χ1) is 14.5. The van der Waals surface area contributed by atoms with Gasteiger partial charge in [0.05, 0.1) is 18.8 Å². The second-order valence-electron chi connectivity index (χ2n) is 7.23. The molecule has 30 heavy (non-hydrogen) atoms. The van der Waals surface area contributed by atoms with E-state index < -0.39 is 0 Å². The van der Waals surface area contributed by atoms with Crippen molar-refractivity contribution in [2.75, 3.05) is 5.32 Å². The fraction of sp³-hybridized carbons (Fsp3) is 0.174. The molecule has 0 saturated carbocycles. The lowest BCUT2D eigenvalue weighted by atomic mass is 10.1. The Morgan fingerprint density at radius 2 is 1.77 bits per heavy atom. The van der Waals surface area contributed by atoms with Crippen molar-refractivity contribution in [1.29, 1.82) is 0 Å². The second kappa shape index (κ2) is 8.32. The molecular weight excluding hydrogens is 381 g/mol. The Morgan fingerprint density at radius 1 is 1.00 bits per heavy atom. The van der Waals surface area contributed by atoms with Gasteiger partial charge >= 0.3 is 0 Å². The van der Waals surface area contributed by atoms with Crippen LogP contribution >= 0.6 is 0 Å². The number of amides is 1. The first-order valence-corrected chi connectivity index (χ1v) is 9.66. The van der Waals surface area contributed by atoms with Crippen molar-refractivity contribution in [2.45, 2.75) is 26.9 Å². The maximum absolute atomic E-state index is 13.8. The summed E-state index contributed by atoms with van der Waals surface area (Å²) in [6.07, 6.45) is 1.71. The van der Waals surface area contributed by atoms with Gasteiger partial charge in [0, 0.05) is 29.1 Å². The Kier molecular flexibility index (Phi) is 5.43. The molecule has 2 aromatic carbocycles. The third-order valence-corrected chi connectivity index (χ3v) is 4.82. The molecule has 0 aliphatic heterocycles. The number of hydrogen-bond donors (Lipinski definition) is 1. The van der Waals surface area contributed by atoms with Crippen LogP contribution in [-0.2, 0) is 13.1 Å². The van der Waals surface area contributed by atoms with Crippen molar-refractivity contribution in [3.63, 3.8) is 0 Å². The third kappa shape index (κ3) is 4.46. The van der Waals surface area contributed by atoms with E-state index in [2.05, 4.69) is 15.5 Å². The maximum Gasteiger partial charge on any atom is 0.256 e. The lowest BCUT2D eigenvalue weighted by molar-refractivity contribution is 0.102. The SMILES string of the molecule is Cc1cc(C)n(Cc2ccc(C(=O)Nc3ccn(Cc4ccccc4F)n3)cc2)n1. The van der Waals surface area contributed by atoms with Gasteiger partial charge in [-0.3, -0.25) is 14.2 Å². The van der Waals surface area contributed by atoms with Crippen molar-refractivity contribution in [1.82, 2.24) is 19.6 Å². The summed E-state index contributed by atoms with van der Waals surface area (Å²) < 4.78 is 17.3. The molecule has 4 aromatic rings. The molecule has 0 atom stereocenters. The normalized spacial score (nSPS) is 10.9. The Bertz CT molecular complexity index is 1180. The zero-order valence-corrected chi connectivity index (χ0v) is 16.8. The van der Waals surface area contributed by atoms with Gasteiger partial charge in [0.2, 0.25) is 0 Å². The topological polar surface area (TPSA) is 64.7 Å². The van der Waals surface area contributed by atoms with Crippen molar-refractivity contribution in [2.24, 2.45) is 0 Å². The van der Waals surface area contributed by atoms with E-state index in [9.17, 15) is 9.18 Å². The minimum atomic E-state index is -0.279. The largest absolute Gasteiger partial charge is 0.305 e. The number of hydrogen-bond acceptors (Lipinski definition) is 3. The predicted molar refractivity (Wildman–Crippen MR) is 113 cm³/mol. The van der Waals surface area contributed by atoms with Gasteiger partial charge in [0.1, 0.15) is 5.82 Å². The van der Waals surface area contributed by atoms with Gasteiger partial charge in [-0.1, -0.05) is 30.3 Å². The highest BCUT2D eigenvalue weighted by Crippen LogP contribution is 2.13. The van der Waals surface area contributed by atoms with Crippen LogP contribution in [0.3, 0.4) is 0 Å². The van der Waals surface area contributed by atoms with Crippen LogP contribution in [0, 0.1) is 19.7 Å². The molecule has 2 heterocycles. The lowest BCUT2D eigenvalue weighted by Gasteiger charge is -2.07. The molecule has 0 spiro atoms. The summed E-state index contributed by atoms with van der Waals surface area (Å²) in [6.45, 7) is 4.94. The van der Waals surface area contributed by atoms with E-state index in [0.29, 0.717) is 30.0 Å². The molecule has 2 aromatic heterocycles. The minimum absolute atomic E-state index is 0.246. The first kappa shape index (κ1) is 19.6. The van der Waals surface area contributed by atoms with Gasteiger partial charge in [-0.2, -0.15) is 10.2 Å². The summed E-state index contributed by atoms with van der Waals surface area (Å²) in [5, 5.41) is 11.5. The number of aryl methyl sites for hydroxylation is 2. The Morgan fingerprint density at radius 3 is 2.47 bits per heavy atom. The standard InChI is InChI=1S/C23H22FN5O/c1-16-13-17(2)29(26-16)14-18-7-9-19(10-8-18)23(30)25-22-11-12-28(27-22)15-20-5-3-4-6-21(20)24/h3-13H,14-15H2,1-2H3,(H,25,27,30). The molecule has 1 amide bonds. The zero-order chi connectivity index (χ0) is 21.1. The summed E-state index contributed by atoms with van der Waals surface area (Å²) in [7, 11) is 0. The summed E-state index contributed by atoms with van der Waals surface area (Å²) in [6, 6.07) is 17.7. The smallest absolute Gasteiger partial charge is 0.256 e. The number of carbonyl (C=O) groups excluding carboxylic acids is 1. The second-order valence-corrected chi connectivity index (χ2v) is 7.23. The van der Waals surface area contributed by atoms with E-state index in [1.54, 1.807) is 47.3 Å². The van der Waals surface area contributed by atoms with E-state index in [4.69, 9.17) is 0 Å². The lowest BCUT2D eigenvalue weighted by Crippen LogP contribution is -2.13. The molecule has 0 aliphatic carbocycles. The number of anilines is 1.